The summed E-state index contributed by atoms with van der Waals surface area (Å²) in [5.41, 5.74) is 1.66. The third kappa shape index (κ3) is 3.89. The molecule has 3 rings (SSSR count). The number of amides is 1. The number of nitrogens with one attached hydrogen (secondary N) is 1. The van der Waals surface area contributed by atoms with Gasteiger partial charge in [-0.3, -0.25) is 14.9 Å². The van der Waals surface area contributed by atoms with Crippen LogP contribution in [0.25, 0.3) is 11.0 Å². The van der Waals surface area contributed by atoms with E-state index in [1.54, 1.807) is 28.8 Å². The second kappa shape index (κ2) is 7.36. The highest BCUT2D eigenvalue weighted by Crippen LogP contribution is 2.28. The van der Waals surface area contributed by atoms with E-state index in [1.807, 2.05) is 12.3 Å². The molecule has 0 aliphatic carbocycles. The van der Waals surface area contributed by atoms with Crippen molar-refractivity contribution < 1.29 is 19.1 Å². The normalized spacial score (nSPS) is 11.0. The Kier molecular flexibility index (Phi) is 4.99. The maximum absolute atomic E-state index is 12.1. The molecule has 0 radical (unpaired) electrons. The van der Waals surface area contributed by atoms with E-state index in [9.17, 15) is 9.59 Å². The summed E-state index contributed by atoms with van der Waals surface area (Å²) in [6.07, 6.45) is 2.97. The number of thiazole rings is 1. The average molecular weight is 372 g/mol. The minimum atomic E-state index is -0.436. The average Bonchev–Trinajstić information content (AvgIpc) is 3.15. The van der Waals surface area contributed by atoms with Gasteiger partial charge in [-0.2, -0.15) is 4.98 Å². The van der Waals surface area contributed by atoms with Crippen LogP contribution in [0.2, 0.25) is 0 Å². The summed E-state index contributed by atoms with van der Waals surface area (Å²) in [5, 5.41) is 8.77. The number of benzene rings is 1. The largest absolute Gasteiger partial charge is 0.493 e. The zero-order chi connectivity index (χ0) is 18.7. The molecule has 0 unspecified atom stereocenters. The number of esters is 1. The van der Waals surface area contributed by atoms with Crippen molar-refractivity contribution in [2.75, 3.05) is 12.4 Å². The van der Waals surface area contributed by atoms with Crippen molar-refractivity contribution in [1.29, 1.82) is 0 Å². The molecule has 1 aromatic carbocycles. The van der Waals surface area contributed by atoms with Crippen molar-refractivity contribution in [3.8, 4) is 11.5 Å². The van der Waals surface area contributed by atoms with Crippen LogP contribution in [0.3, 0.4) is 0 Å². The Morgan fingerprint density at radius 3 is 2.81 bits per heavy atom. The monoisotopic (exact) mass is 372 g/mol. The maximum atomic E-state index is 12.1. The second-order valence-corrected chi connectivity index (χ2v) is 6.17. The molecule has 0 saturated heterocycles. The Labute approximate surface area is 153 Å². The molecule has 0 aliphatic heterocycles. The number of carbonyl (C=O) groups excluding carboxylic acids is 2. The Balaban J connectivity index is 1.70. The van der Waals surface area contributed by atoms with E-state index in [-0.39, 0.29) is 11.9 Å². The number of aromatic nitrogens is 3. The van der Waals surface area contributed by atoms with Crippen molar-refractivity contribution in [2.45, 2.75) is 13.8 Å². The Morgan fingerprint density at radius 1 is 1.31 bits per heavy atom. The zero-order valence-corrected chi connectivity index (χ0v) is 15.2. The van der Waals surface area contributed by atoms with Gasteiger partial charge in [0.1, 0.15) is 0 Å². The summed E-state index contributed by atoms with van der Waals surface area (Å²) in [7, 11) is 1.47. The Morgan fingerprint density at radius 2 is 2.12 bits per heavy atom. The molecule has 0 bridgehead atoms. The van der Waals surface area contributed by atoms with Crippen LogP contribution in [-0.4, -0.2) is 33.6 Å². The van der Waals surface area contributed by atoms with Crippen LogP contribution in [0.15, 0.2) is 29.7 Å². The Hall–Kier alpha value is -3.20. The highest BCUT2D eigenvalue weighted by Gasteiger charge is 2.10. The number of methoxy groups -OCH3 is 1. The lowest BCUT2D eigenvalue weighted by atomic mass is 10.2. The van der Waals surface area contributed by atoms with Crippen LogP contribution in [0.5, 0.6) is 11.5 Å². The molecule has 0 aliphatic rings. The van der Waals surface area contributed by atoms with Gasteiger partial charge in [-0.05, 0) is 30.7 Å². The van der Waals surface area contributed by atoms with E-state index < -0.39 is 5.97 Å². The van der Waals surface area contributed by atoms with Crippen molar-refractivity contribution in [3.63, 3.8) is 0 Å². The van der Waals surface area contributed by atoms with Crippen molar-refractivity contribution >= 4 is 40.2 Å². The van der Waals surface area contributed by atoms with E-state index in [1.165, 1.54) is 31.4 Å². The molecule has 9 heteroatoms. The van der Waals surface area contributed by atoms with Crippen LogP contribution in [0, 0.1) is 6.92 Å². The summed E-state index contributed by atoms with van der Waals surface area (Å²) in [5.74, 6) is 0.170. The number of hydrogen-bond acceptors (Lipinski definition) is 7. The van der Waals surface area contributed by atoms with Gasteiger partial charge in [0.15, 0.2) is 11.5 Å². The number of carbonyl (C=O) groups is 2. The van der Waals surface area contributed by atoms with E-state index in [4.69, 9.17) is 9.47 Å². The molecular weight excluding hydrogens is 356 g/mol. The third-order valence-corrected chi connectivity index (χ3v) is 4.28. The zero-order valence-electron chi connectivity index (χ0n) is 14.3. The number of aryl methyl sites for hydroxylation is 1. The highest BCUT2D eigenvalue weighted by atomic mass is 32.1. The Bertz CT molecular complexity index is 1010. The van der Waals surface area contributed by atoms with Gasteiger partial charge in [0.25, 0.3) is 11.9 Å². The summed E-state index contributed by atoms with van der Waals surface area (Å²) >= 11 is 1.45. The highest BCUT2D eigenvalue weighted by molar-refractivity contribution is 7.15. The van der Waals surface area contributed by atoms with Crippen molar-refractivity contribution in [2.24, 2.45) is 0 Å². The van der Waals surface area contributed by atoms with Crippen LogP contribution < -0.4 is 14.8 Å². The standard InChI is InChI=1S/C17H16N4O4S/c1-10-9-26-17-19-16(20-21(10)17)18-15(23)7-5-12-4-6-13(25-11(2)22)14(8-12)24-3/h4-9H,1-3H3,(H,18,20,23)/b7-5+. The van der Waals surface area contributed by atoms with Gasteiger partial charge >= 0.3 is 5.97 Å². The van der Waals surface area contributed by atoms with Crippen LogP contribution in [-0.2, 0) is 9.59 Å². The summed E-state index contributed by atoms with van der Waals surface area (Å²) in [6.45, 7) is 3.23. The van der Waals surface area contributed by atoms with Crippen LogP contribution in [0.4, 0.5) is 5.95 Å². The van der Waals surface area contributed by atoms with Gasteiger partial charge in [-0.25, -0.2) is 4.52 Å². The van der Waals surface area contributed by atoms with E-state index in [0.29, 0.717) is 22.0 Å². The fraction of sp³-hybridized carbons (Fsp3) is 0.176. The quantitative estimate of drug-likeness (QED) is 0.420. The minimum absolute atomic E-state index is 0.248. The fourth-order valence-electron chi connectivity index (χ4n) is 2.20. The minimum Gasteiger partial charge on any atom is -0.493 e. The molecule has 8 nitrogen and oxygen atoms in total. The van der Waals surface area contributed by atoms with Gasteiger partial charge in [-0.1, -0.05) is 6.07 Å². The second-order valence-electron chi connectivity index (χ2n) is 5.33. The van der Waals surface area contributed by atoms with E-state index in [0.717, 1.165) is 5.69 Å². The number of anilines is 1. The molecule has 1 N–H and O–H groups in total. The van der Waals surface area contributed by atoms with Gasteiger partial charge in [0, 0.05) is 18.4 Å². The predicted molar refractivity (Wildman–Crippen MR) is 97.6 cm³/mol. The lowest BCUT2D eigenvalue weighted by Crippen LogP contribution is -2.09. The van der Waals surface area contributed by atoms with Gasteiger partial charge in [0.05, 0.1) is 12.8 Å². The molecule has 3 aromatic rings. The number of hydrogen-bond donors (Lipinski definition) is 1. The number of ether oxygens (including phenoxy) is 2. The lowest BCUT2D eigenvalue weighted by Gasteiger charge is -2.08. The molecular formula is C17H16N4O4S. The smallest absolute Gasteiger partial charge is 0.308 e. The van der Waals surface area contributed by atoms with Gasteiger partial charge in [0.2, 0.25) is 4.96 Å². The molecule has 26 heavy (non-hydrogen) atoms. The molecule has 1 amide bonds. The van der Waals surface area contributed by atoms with Gasteiger partial charge < -0.3 is 9.47 Å². The van der Waals surface area contributed by atoms with Crippen molar-refractivity contribution in [3.05, 3.63) is 40.9 Å². The molecule has 2 heterocycles. The first-order valence-corrected chi connectivity index (χ1v) is 8.50. The first kappa shape index (κ1) is 17.6. The number of fused-ring (bicyclic) bond motifs is 1. The van der Waals surface area contributed by atoms with Gasteiger partial charge in [-0.15, -0.1) is 16.4 Å². The summed E-state index contributed by atoms with van der Waals surface area (Å²) < 4.78 is 11.9. The van der Waals surface area contributed by atoms with Crippen LogP contribution >= 0.6 is 11.3 Å². The van der Waals surface area contributed by atoms with E-state index in [2.05, 4.69) is 15.4 Å². The number of nitrogens with zero attached hydrogens (tertiary/aromatic N) is 3. The third-order valence-electron chi connectivity index (χ3n) is 3.35. The summed E-state index contributed by atoms with van der Waals surface area (Å²) in [6, 6.07) is 4.97. The molecule has 0 spiro atoms. The van der Waals surface area contributed by atoms with E-state index >= 15 is 0 Å². The lowest BCUT2D eigenvalue weighted by molar-refractivity contribution is -0.132. The van der Waals surface area contributed by atoms with Crippen LogP contribution in [0.1, 0.15) is 18.2 Å². The predicted octanol–water partition coefficient (Wildman–Crippen LogP) is 2.69. The SMILES string of the molecule is COc1cc(/C=C/C(=O)Nc2nc3scc(C)n3n2)ccc1OC(C)=O. The first-order chi connectivity index (χ1) is 12.5. The molecule has 2 aromatic heterocycles. The molecule has 0 fully saturated rings. The maximum Gasteiger partial charge on any atom is 0.308 e. The molecule has 134 valence electrons. The summed E-state index contributed by atoms with van der Waals surface area (Å²) in [4.78, 5) is 28.1. The molecule has 0 saturated carbocycles. The molecule has 0 atom stereocenters. The number of rotatable bonds is 5. The van der Waals surface area contributed by atoms with Crippen molar-refractivity contribution in [1.82, 2.24) is 14.6 Å². The first-order valence-electron chi connectivity index (χ1n) is 7.62. The topological polar surface area (TPSA) is 94.8 Å². The fourth-order valence-corrected chi connectivity index (χ4v) is 3.00.